The number of amides is 2. The predicted octanol–water partition coefficient (Wildman–Crippen LogP) is 7.50. The van der Waals surface area contributed by atoms with Crippen LogP contribution in [0.4, 0.5) is 10.5 Å². The van der Waals surface area contributed by atoms with Crippen LogP contribution in [0.25, 0.3) is 16.6 Å². The Morgan fingerprint density at radius 3 is 2.38 bits per heavy atom. The number of anilines is 1. The topological polar surface area (TPSA) is 76.5 Å². The molecule has 0 bridgehead atoms. The van der Waals surface area contributed by atoms with Crippen molar-refractivity contribution in [1.29, 1.82) is 0 Å². The number of ether oxygens (including phenoxy) is 1. The lowest BCUT2D eigenvalue weighted by Crippen LogP contribution is -2.39. The predicted molar refractivity (Wildman–Crippen MR) is 160 cm³/mol. The number of aromatic nitrogens is 2. The molecule has 4 aromatic carbocycles. The van der Waals surface area contributed by atoms with E-state index in [1.807, 2.05) is 37.3 Å². The third-order valence-electron chi connectivity index (χ3n) is 6.56. The molecule has 1 heterocycles. The number of hydrogen-bond donors (Lipinski definition) is 1. The van der Waals surface area contributed by atoms with Gasteiger partial charge in [-0.05, 0) is 73.2 Å². The zero-order valence-electron chi connectivity index (χ0n) is 21.8. The van der Waals surface area contributed by atoms with Gasteiger partial charge in [0.2, 0.25) is 0 Å². The Kier molecular flexibility index (Phi) is 8.05. The minimum atomic E-state index is -0.641. The fourth-order valence-corrected chi connectivity index (χ4v) is 4.86. The zero-order chi connectivity index (χ0) is 28.2. The van der Waals surface area contributed by atoms with Crippen LogP contribution in [0.5, 0.6) is 5.75 Å². The second-order valence-corrected chi connectivity index (χ2v) is 10.1. The number of halogens is 2. The number of urea groups is 1. The van der Waals surface area contributed by atoms with Crippen LogP contribution in [0.2, 0.25) is 10.0 Å². The van der Waals surface area contributed by atoms with E-state index in [4.69, 9.17) is 32.9 Å². The number of benzene rings is 4. The normalized spacial score (nSPS) is 11.7. The van der Waals surface area contributed by atoms with Crippen molar-refractivity contribution >= 4 is 45.8 Å². The molecule has 9 heteroatoms. The summed E-state index contributed by atoms with van der Waals surface area (Å²) in [6.45, 7) is 2.11. The van der Waals surface area contributed by atoms with Crippen LogP contribution in [0, 0.1) is 0 Å². The van der Waals surface area contributed by atoms with E-state index in [1.54, 1.807) is 78.7 Å². The molecule has 1 atom stereocenters. The van der Waals surface area contributed by atoms with Gasteiger partial charge in [-0.1, -0.05) is 59.6 Å². The van der Waals surface area contributed by atoms with Gasteiger partial charge in [0, 0.05) is 22.3 Å². The number of fused-ring (bicyclic) bond motifs is 1. The van der Waals surface area contributed by atoms with Crippen LogP contribution in [-0.4, -0.2) is 27.6 Å². The van der Waals surface area contributed by atoms with Gasteiger partial charge in [-0.2, -0.15) is 0 Å². The number of rotatable bonds is 7. The molecule has 1 N–H and O–H groups in total. The molecule has 0 aliphatic heterocycles. The first-order chi connectivity index (χ1) is 19.3. The van der Waals surface area contributed by atoms with E-state index < -0.39 is 6.04 Å². The number of hydrogen-bond acceptors (Lipinski definition) is 4. The molecule has 1 unspecified atom stereocenters. The summed E-state index contributed by atoms with van der Waals surface area (Å²) in [5, 5.41) is 4.31. The monoisotopic (exact) mass is 572 g/mol. The minimum absolute atomic E-state index is 0.264. The van der Waals surface area contributed by atoms with Crippen molar-refractivity contribution < 1.29 is 9.53 Å². The van der Waals surface area contributed by atoms with Crippen molar-refractivity contribution in [2.24, 2.45) is 0 Å². The first kappa shape index (κ1) is 27.2. The fourth-order valence-electron chi connectivity index (χ4n) is 4.50. The van der Waals surface area contributed by atoms with Gasteiger partial charge in [-0.15, -0.1) is 0 Å². The summed E-state index contributed by atoms with van der Waals surface area (Å²) >= 11 is 12.4. The van der Waals surface area contributed by atoms with Crippen molar-refractivity contribution in [2.75, 3.05) is 12.4 Å². The molecule has 0 fully saturated rings. The zero-order valence-corrected chi connectivity index (χ0v) is 23.4. The highest BCUT2D eigenvalue weighted by molar-refractivity contribution is 6.31. The maximum absolute atomic E-state index is 13.9. The van der Waals surface area contributed by atoms with E-state index in [2.05, 4.69) is 5.32 Å². The Bertz CT molecular complexity index is 1720. The van der Waals surface area contributed by atoms with Gasteiger partial charge < -0.3 is 15.0 Å². The Morgan fingerprint density at radius 2 is 1.68 bits per heavy atom. The molecule has 40 heavy (non-hydrogen) atoms. The molecule has 0 aliphatic carbocycles. The van der Waals surface area contributed by atoms with E-state index in [1.165, 1.54) is 4.57 Å². The molecule has 202 valence electrons. The lowest BCUT2D eigenvalue weighted by molar-refractivity contribution is 0.185. The summed E-state index contributed by atoms with van der Waals surface area (Å²) in [5.41, 5.74) is 2.22. The minimum Gasteiger partial charge on any atom is -0.497 e. The van der Waals surface area contributed by atoms with Crippen LogP contribution >= 0.6 is 23.2 Å². The van der Waals surface area contributed by atoms with Crippen molar-refractivity contribution in [3.63, 3.8) is 0 Å². The summed E-state index contributed by atoms with van der Waals surface area (Å²) < 4.78 is 6.84. The average molecular weight is 573 g/mol. The third kappa shape index (κ3) is 5.81. The highest BCUT2D eigenvalue weighted by Crippen LogP contribution is 2.27. The lowest BCUT2D eigenvalue weighted by Gasteiger charge is -2.31. The standard InChI is InChI=1S/C31H26Cl2N4O3/c1-20(36(19-21-7-4-3-5-8-21)31(39)34-24-10-6-9-22(32)17-24)29-35-28-18-23(33)11-16-27(28)30(38)37(29)25-12-14-26(40-2)15-13-25/h3-18,20H,19H2,1-2H3,(H,34,39). The van der Waals surface area contributed by atoms with Crippen molar-refractivity contribution in [2.45, 2.75) is 19.5 Å². The van der Waals surface area contributed by atoms with Gasteiger partial charge in [0.05, 0.1) is 29.7 Å². The lowest BCUT2D eigenvalue weighted by atomic mass is 10.1. The largest absolute Gasteiger partial charge is 0.497 e. The van der Waals surface area contributed by atoms with Gasteiger partial charge in [0.25, 0.3) is 5.56 Å². The van der Waals surface area contributed by atoms with Gasteiger partial charge in [0.15, 0.2) is 0 Å². The maximum atomic E-state index is 13.9. The van der Waals surface area contributed by atoms with E-state index >= 15 is 0 Å². The molecule has 0 radical (unpaired) electrons. The van der Waals surface area contributed by atoms with Gasteiger partial charge in [-0.25, -0.2) is 9.78 Å². The summed E-state index contributed by atoms with van der Waals surface area (Å²) in [4.78, 5) is 34.2. The first-order valence-corrected chi connectivity index (χ1v) is 13.3. The first-order valence-electron chi connectivity index (χ1n) is 12.6. The molecule has 5 aromatic rings. The number of carbonyl (C=O) groups excluding carboxylic acids is 1. The molecule has 7 nitrogen and oxygen atoms in total. The summed E-state index contributed by atoms with van der Waals surface area (Å²) in [5.74, 6) is 1.03. The number of nitrogens with zero attached hydrogens (tertiary/aromatic N) is 3. The highest BCUT2D eigenvalue weighted by Gasteiger charge is 2.27. The molecule has 5 rings (SSSR count). The molecular weight excluding hydrogens is 547 g/mol. The second-order valence-electron chi connectivity index (χ2n) is 9.20. The molecule has 2 amide bonds. The molecule has 0 aliphatic rings. The van der Waals surface area contributed by atoms with E-state index in [0.29, 0.717) is 43.9 Å². The summed E-state index contributed by atoms with van der Waals surface area (Å²) in [6.07, 6.45) is 0. The highest BCUT2D eigenvalue weighted by atomic mass is 35.5. The fraction of sp³-hybridized carbons (Fsp3) is 0.129. The van der Waals surface area contributed by atoms with Crippen LogP contribution in [0.1, 0.15) is 24.4 Å². The summed E-state index contributed by atoms with van der Waals surface area (Å²) in [6, 6.07) is 27.6. The Hall–Kier alpha value is -4.33. The molecule has 0 saturated heterocycles. The molecule has 0 saturated carbocycles. The van der Waals surface area contributed by atoms with E-state index in [0.717, 1.165) is 5.56 Å². The molecular formula is C31H26Cl2N4O3. The maximum Gasteiger partial charge on any atom is 0.322 e. The number of nitrogens with one attached hydrogen (secondary N) is 1. The van der Waals surface area contributed by atoms with Crippen LogP contribution in [0.15, 0.2) is 102 Å². The summed E-state index contributed by atoms with van der Waals surface area (Å²) in [7, 11) is 1.58. The smallest absolute Gasteiger partial charge is 0.322 e. The Balaban J connectivity index is 1.66. The van der Waals surface area contributed by atoms with Crippen molar-refractivity contribution in [1.82, 2.24) is 14.5 Å². The van der Waals surface area contributed by atoms with Crippen molar-refractivity contribution in [3.8, 4) is 11.4 Å². The SMILES string of the molecule is COc1ccc(-n2c(C(C)N(Cc3ccccc3)C(=O)Nc3cccc(Cl)c3)nc3cc(Cl)ccc3c2=O)cc1. The quantitative estimate of drug-likeness (QED) is 0.219. The van der Waals surface area contributed by atoms with Crippen LogP contribution in [0.3, 0.4) is 0 Å². The van der Waals surface area contributed by atoms with Crippen molar-refractivity contribution in [3.05, 3.63) is 129 Å². The van der Waals surface area contributed by atoms with Gasteiger partial charge >= 0.3 is 6.03 Å². The average Bonchev–Trinajstić information content (AvgIpc) is 2.96. The molecule has 1 aromatic heterocycles. The van der Waals surface area contributed by atoms with Gasteiger partial charge in [-0.3, -0.25) is 9.36 Å². The van der Waals surface area contributed by atoms with Crippen LogP contribution < -0.4 is 15.6 Å². The molecule has 0 spiro atoms. The number of methoxy groups -OCH3 is 1. The second kappa shape index (κ2) is 11.8. The van der Waals surface area contributed by atoms with E-state index in [9.17, 15) is 9.59 Å². The Labute approximate surface area is 241 Å². The van der Waals surface area contributed by atoms with Gasteiger partial charge in [0.1, 0.15) is 11.6 Å². The number of carbonyl (C=O) groups is 1. The Morgan fingerprint density at radius 1 is 0.950 bits per heavy atom. The van der Waals surface area contributed by atoms with Crippen LogP contribution in [-0.2, 0) is 6.54 Å². The third-order valence-corrected chi connectivity index (χ3v) is 7.03. The van der Waals surface area contributed by atoms with E-state index in [-0.39, 0.29) is 18.1 Å².